The van der Waals surface area contributed by atoms with Gasteiger partial charge >= 0.3 is 0 Å². The molecule has 1 heterocycles. The molecular formula is C13H16N2O2. The molecule has 2 fully saturated rings. The predicted octanol–water partition coefficient (Wildman–Crippen LogP) is 2.89. The van der Waals surface area contributed by atoms with Gasteiger partial charge in [-0.15, -0.1) is 0 Å². The molecule has 1 spiro atoms. The Balaban J connectivity index is 1.90. The van der Waals surface area contributed by atoms with Crippen LogP contribution in [-0.2, 0) is 0 Å². The van der Waals surface area contributed by atoms with Crippen molar-refractivity contribution in [3.63, 3.8) is 0 Å². The molecule has 0 radical (unpaired) electrons. The van der Waals surface area contributed by atoms with Crippen LogP contribution in [0.2, 0.25) is 0 Å². The summed E-state index contributed by atoms with van der Waals surface area (Å²) in [6.45, 7) is 3.95. The number of nitro benzene ring substituents is 1. The fourth-order valence-electron chi connectivity index (χ4n) is 3.12. The molecular weight excluding hydrogens is 216 g/mol. The third-order valence-corrected chi connectivity index (χ3v) is 4.20. The van der Waals surface area contributed by atoms with Crippen molar-refractivity contribution in [1.29, 1.82) is 0 Å². The van der Waals surface area contributed by atoms with Gasteiger partial charge in [-0.25, -0.2) is 0 Å². The summed E-state index contributed by atoms with van der Waals surface area (Å²) < 4.78 is 0. The highest BCUT2D eigenvalue weighted by Crippen LogP contribution is 2.51. The average Bonchev–Trinajstić information content (AvgIpc) is 2.15. The Morgan fingerprint density at radius 1 is 1.35 bits per heavy atom. The van der Waals surface area contributed by atoms with Gasteiger partial charge in [0.2, 0.25) is 0 Å². The lowest BCUT2D eigenvalue weighted by atomic mass is 9.63. The Hall–Kier alpha value is -1.58. The highest BCUT2D eigenvalue weighted by Gasteiger charge is 2.48. The van der Waals surface area contributed by atoms with E-state index in [1.807, 2.05) is 13.0 Å². The topological polar surface area (TPSA) is 46.4 Å². The SMILES string of the molecule is Cc1cccc([N+](=O)[O-])c1N1CC2(CCC2)C1. The Kier molecular flexibility index (Phi) is 2.15. The molecule has 1 aliphatic carbocycles. The van der Waals surface area contributed by atoms with Crippen molar-refractivity contribution in [3.8, 4) is 0 Å². The van der Waals surface area contributed by atoms with Crippen molar-refractivity contribution < 1.29 is 4.92 Å². The molecule has 0 bridgehead atoms. The zero-order valence-electron chi connectivity index (χ0n) is 9.98. The maximum atomic E-state index is 11.0. The van der Waals surface area contributed by atoms with Crippen molar-refractivity contribution in [3.05, 3.63) is 33.9 Å². The Morgan fingerprint density at radius 3 is 2.59 bits per heavy atom. The number of nitro groups is 1. The van der Waals surface area contributed by atoms with Gasteiger partial charge in [0.1, 0.15) is 5.69 Å². The van der Waals surface area contributed by atoms with Crippen LogP contribution in [0.25, 0.3) is 0 Å². The number of anilines is 1. The maximum absolute atomic E-state index is 11.0. The van der Waals surface area contributed by atoms with Crippen molar-refractivity contribution in [2.45, 2.75) is 26.2 Å². The molecule has 1 saturated carbocycles. The van der Waals surface area contributed by atoms with Gasteiger partial charge in [-0.1, -0.05) is 18.6 Å². The molecule has 1 aliphatic heterocycles. The van der Waals surface area contributed by atoms with Crippen LogP contribution in [-0.4, -0.2) is 18.0 Å². The van der Waals surface area contributed by atoms with Gasteiger partial charge in [-0.3, -0.25) is 10.1 Å². The first-order chi connectivity index (χ1) is 8.11. The Bertz CT molecular complexity index is 472. The first kappa shape index (κ1) is 10.6. The van der Waals surface area contributed by atoms with Gasteiger partial charge in [-0.2, -0.15) is 0 Å². The van der Waals surface area contributed by atoms with Crippen LogP contribution in [0.3, 0.4) is 0 Å². The lowest BCUT2D eigenvalue weighted by molar-refractivity contribution is -0.384. The molecule has 3 rings (SSSR count). The fraction of sp³-hybridized carbons (Fsp3) is 0.538. The minimum Gasteiger partial charge on any atom is -0.365 e. The zero-order chi connectivity index (χ0) is 12.0. The van der Waals surface area contributed by atoms with Crippen molar-refractivity contribution >= 4 is 11.4 Å². The summed E-state index contributed by atoms with van der Waals surface area (Å²) in [5, 5.41) is 11.0. The molecule has 0 N–H and O–H groups in total. The van der Waals surface area contributed by atoms with Crippen molar-refractivity contribution in [2.24, 2.45) is 5.41 Å². The van der Waals surface area contributed by atoms with E-state index in [1.54, 1.807) is 12.1 Å². The van der Waals surface area contributed by atoms with Gasteiger partial charge in [0.05, 0.1) is 4.92 Å². The van der Waals surface area contributed by atoms with E-state index in [1.165, 1.54) is 19.3 Å². The second-order valence-electron chi connectivity index (χ2n) is 5.41. The normalized spacial score (nSPS) is 20.9. The summed E-state index contributed by atoms with van der Waals surface area (Å²) in [6, 6.07) is 5.32. The summed E-state index contributed by atoms with van der Waals surface area (Å²) in [5.41, 5.74) is 2.58. The third-order valence-electron chi connectivity index (χ3n) is 4.20. The van der Waals surface area contributed by atoms with E-state index in [4.69, 9.17) is 0 Å². The van der Waals surface area contributed by atoms with Gasteiger partial charge in [-0.05, 0) is 25.3 Å². The molecule has 90 valence electrons. The lowest BCUT2D eigenvalue weighted by Gasteiger charge is -2.56. The quantitative estimate of drug-likeness (QED) is 0.581. The minimum atomic E-state index is -0.270. The number of benzene rings is 1. The monoisotopic (exact) mass is 232 g/mol. The number of hydrogen-bond donors (Lipinski definition) is 0. The van der Waals surface area contributed by atoms with E-state index in [0.29, 0.717) is 5.41 Å². The highest BCUT2D eigenvalue weighted by atomic mass is 16.6. The van der Waals surface area contributed by atoms with Crippen LogP contribution in [0.1, 0.15) is 24.8 Å². The Morgan fingerprint density at radius 2 is 2.06 bits per heavy atom. The smallest absolute Gasteiger partial charge is 0.292 e. The van der Waals surface area contributed by atoms with Crippen molar-refractivity contribution in [2.75, 3.05) is 18.0 Å². The molecule has 0 aromatic heterocycles. The predicted molar refractivity (Wildman–Crippen MR) is 66.3 cm³/mol. The first-order valence-corrected chi connectivity index (χ1v) is 6.10. The summed E-state index contributed by atoms with van der Waals surface area (Å²) in [7, 11) is 0. The van der Waals surface area contributed by atoms with Gasteiger partial charge in [0.15, 0.2) is 0 Å². The molecule has 4 heteroatoms. The molecule has 0 amide bonds. The number of nitrogens with zero attached hydrogens (tertiary/aromatic N) is 2. The standard InChI is InChI=1S/C13H16N2O2/c1-10-4-2-5-11(15(16)17)12(10)14-8-13(9-14)6-3-7-13/h2,4-5H,3,6-9H2,1H3. The highest BCUT2D eigenvalue weighted by molar-refractivity contribution is 5.69. The lowest BCUT2D eigenvalue weighted by Crippen LogP contribution is -2.60. The van der Waals surface area contributed by atoms with Crippen LogP contribution in [0.5, 0.6) is 0 Å². The molecule has 0 unspecified atom stereocenters. The summed E-state index contributed by atoms with van der Waals surface area (Å²) >= 11 is 0. The summed E-state index contributed by atoms with van der Waals surface area (Å²) in [4.78, 5) is 12.9. The van der Waals surface area contributed by atoms with Crippen LogP contribution in [0.15, 0.2) is 18.2 Å². The van der Waals surface area contributed by atoms with E-state index in [0.717, 1.165) is 24.3 Å². The van der Waals surface area contributed by atoms with E-state index in [-0.39, 0.29) is 10.6 Å². The average molecular weight is 232 g/mol. The van der Waals surface area contributed by atoms with Crippen LogP contribution in [0, 0.1) is 22.5 Å². The molecule has 4 nitrogen and oxygen atoms in total. The molecule has 0 atom stereocenters. The van der Waals surface area contributed by atoms with Crippen LogP contribution in [0.4, 0.5) is 11.4 Å². The summed E-state index contributed by atoms with van der Waals surface area (Å²) in [6.07, 6.45) is 3.91. The number of aryl methyl sites for hydroxylation is 1. The molecule has 2 aliphatic rings. The molecule has 17 heavy (non-hydrogen) atoms. The minimum absolute atomic E-state index is 0.249. The first-order valence-electron chi connectivity index (χ1n) is 6.10. The van der Waals surface area contributed by atoms with Gasteiger partial charge < -0.3 is 4.90 Å². The maximum Gasteiger partial charge on any atom is 0.292 e. The zero-order valence-corrected chi connectivity index (χ0v) is 9.98. The van der Waals surface area contributed by atoms with Gasteiger partial charge in [0, 0.05) is 24.6 Å². The van der Waals surface area contributed by atoms with Crippen LogP contribution < -0.4 is 4.90 Å². The Labute approximate surface area is 100 Å². The van der Waals surface area contributed by atoms with Crippen LogP contribution >= 0.6 is 0 Å². The molecule has 1 aromatic carbocycles. The number of para-hydroxylation sites is 1. The van der Waals surface area contributed by atoms with E-state index < -0.39 is 0 Å². The van der Waals surface area contributed by atoms with E-state index >= 15 is 0 Å². The third kappa shape index (κ3) is 1.51. The summed E-state index contributed by atoms with van der Waals surface area (Å²) in [5.74, 6) is 0. The number of hydrogen-bond acceptors (Lipinski definition) is 3. The van der Waals surface area contributed by atoms with Gasteiger partial charge in [0.25, 0.3) is 5.69 Å². The second-order valence-corrected chi connectivity index (χ2v) is 5.41. The largest absolute Gasteiger partial charge is 0.365 e. The second kappa shape index (κ2) is 3.45. The van der Waals surface area contributed by atoms with Crippen molar-refractivity contribution in [1.82, 2.24) is 0 Å². The van der Waals surface area contributed by atoms with E-state index in [9.17, 15) is 10.1 Å². The molecule has 1 saturated heterocycles. The fourth-order valence-corrected chi connectivity index (χ4v) is 3.12. The number of rotatable bonds is 2. The molecule has 1 aromatic rings. The van der Waals surface area contributed by atoms with E-state index in [2.05, 4.69) is 4.90 Å².